The molecule has 3 heterocycles. The minimum Gasteiger partial charge on any atom is -0.456 e. The SMILES string of the molecule is CC(C)(C)c1ccc(N(c2ccc3c(c2)C(c2ccccc2)(c2ccccc2)c2cc(N(c4ccc(C(C)(C)C)cc4)c4ccc5c(c4)oc4ccccc45)c4c(oc5cc(-c6ccccc6)ccc54)c2-3)c2ccc3c(c2)oc2ccccc23)cc1. The lowest BCUT2D eigenvalue weighted by Gasteiger charge is -2.36. The molecule has 16 rings (SSSR count). The molecular formula is C81H62N2O3. The van der Waals surface area contributed by atoms with Gasteiger partial charge in [-0.2, -0.15) is 0 Å². The Morgan fingerprint density at radius 1 is 0.314 bits per heavy atom. The van der Waals surface area contributed by atoms with E-state index in [1.807, 2.05) is 12.1 Å². The zero-order valence-corrected chi connectivity index (χ0v) is 49.0. The first-order valence-corrected chi connectivity index (χ1v) is 29.9. The molecule has 86 heavy (non-hydrogen) atoms. The minimum atomic E-state index is -0.866. The number of fused-ring (bicyclic) bond motifs is 13. The Bertz CT molecular complexity index is 5080. The second kappa shape index (κ2) is 19.3. The van der Waals surface area contributed by atoms with E-state index in [9.17, 15) is 0 Å². The standard InChI is InChI=1S/C81H62N2O3/c1-79(2,3)53-31-35-57(36-32-53)82(60-39-43-64-62-26-16-18-28-71(62)84-74(64)48-60)59-41-45-66-68(47-59)81(55-22-12-8-13-23-55,56-24-14-9-15-25-56)69-50-70(77-67-42-30-52(51-20-10-7-11-21-51)46-73(67)86-78(77)76(66)69)83(58-37-33-54(34-38-58)80(4,5)6)61-40-44-65-63-27-17-19-29-72(63)85-75(65)49-61/h7-50H,1-6H3. The predicted octanol–water partition coefficient (Wildman–Crippen LogP) is 22.9. The lowest BCUT2D eigenvalue weighted by molar-refractivity contribution is 0.590. The summed E-state index contributed by atoms with van der Waals surface area (Å²) in [6.45, 7) is 13.6. The van der Waals surface area contributed by atoms with Crippen molar-refractivity contribution in [1.29, 1.82) is 0 Å². The molecule has 414 valence electrons. The average molecular weight is 1110 g/mol. The van der Waals surface area contributed by atoms with Gasteiger partial charge in [0.25, 0.3) is 0 Å². The van der Waals surface area contributed by atoms with Gasteiger partial charge in [0.2, 0.25) is 0 Å². The van der Waals surface area contributed by atoms with E-state index in [2.05, 4.69) is 306 Å². The lowest BCUT2D eigenvalue weighted by atomic mass is 9.67. The Labute approximate surface area is 500 Å². The van der Waals surface area contributed by atoms with E-state index in [0.29, 0.717) is 0 Å². The molecule has 0 saturated carbocycles. The van der Waals surface area contributed by atoms with Crippen LogP contribution in [-0.2, 0) is 16.2 Å². The molecule has 1 aliphatic rings. The number of nitrogens with zero attached hydrogens (tertiary/aromatic N) is 2. The Morgan fingerprint density at radius 2 is 0.756 bits per heavy atom. The molecule has 0 fully saturated rings. The van der Waals surface area contributed by atoms with Gasteiger partial charge < -0.3 is 23.1 Å². The van der Waals surface area contributed by atoms with Crippen LogP contribution in [0.15, 0.2) is 280 Å². The van der Waals surface area contributed by atoms with E-state index in [4.69, 9.17) is 13.3 Å². The highest BCUT2D eigenvalue weighted by Gasteiger charge is 2.49. The van der Waals surface area contributed by atoms with Gasteiger partial charge in [0.15, 0.2) is 0 Å². The molecule has 0 N–H and O–H groups in total. The van der Waals surface area contributed by atoms with Crippen molar-refractivity contribution in [1.82, 2.24) is 0 Å². The summed E-state index contributed by atoms with van der Waals surface area (Å²) in [5, 5.41) is 6.40. The first-order chi connectivity index (χ1) is 41.9. The maximum Gasteiger partial charge on any atom is 0.145 e. The van der Waals surface area contributed by atoms with Gasteiger partial charge in [-0.3, -0.25) is 0 Å². The fourth-order valence-corrected chi connectivity index (χ4v) is 13.8. The molecule has 12 aromatic carbocycles. The number of benzene rings is 12. The molecule has 1 aliphatic carbocycles. The van der Waals surface area contributed by atoms with Gasteiger partial charge in [0.05, 0.1) is 16.5 Å². The third kappa shape index (κ3) is 8.05. The fourth-order valence-electron chi connectivity index (χ4n) is 13.8. The van der Waals surface area contributed by atoms with Crippen molar-refractivity contribution in [3.05, 3.63) is 300 Å². The Hall–Kier alpha value is -10.4. The lowest BCUT2D eigenvalue weighted by Crippen LogP contribution is -2.29. The summed E-state index contributed by atoms with van der Waals surface area (Å²) in [7, 11) is 0. The van der Waals surface area contributed by atoms with Crippen molar-refractivity contribution < 1.29 is 13.3 Å². The van der Waals surface area contributed by atoms with Crippen LogP contribution in [0, 0.1) is 0 Å². The molecule has 0 radical (unpaired) electrons. The van der Waals surface area contributed by atoms with E-state index < -0.39 is 5.41 Å². The number of anilines is 6. The topological polar surface area (TPSA) is 45.9 Å². The summed E-state index contributed by atoms with van der Waals surface area (Å²) in [5.74, 6) is 0. The third-order valence-electron chi connectivity index (χ3n) is 18.0. The molecule has 0 unspecified atom stereocenters. The van der Waals surface area contributed by atoms with Gasteiger partial charge >= 0.3 is 0 Å². The van der Waals surface area contributed by atoms with Crippen molar-refractivity contribution in [2.45, 2.75) is 57.8 Å². The summed E-state index contributed by atoms with van der Waals surface area (Å²) in [6, 6.07) is 97.4. The van der Waals surface area contributed by atoms with E-state index in [1.165, 1.54) is 11.1 Å². The van der Waals surface area contributed by atoms with Gasteiger partial charge in [-0.1, -0.05) is 205 Å². The normalized spacial score (nSPS) is 13.1. The van der Waals surface area contributed by atoms with E-state index in [1.54, 1.807) is 0 Å². The van der Waals surface area contributed by atoms with Gasteiger partial charge in [-0.25, -0.2) is 0 Å². The molecule has 0 atom stereocenters. The molecule has 5 nitrogen and oxygen atoms in total. The number of hydrogen-bond acceptors (Lipinski definition) is 5. The molecule has 0 saturated heterocycles. The van der Waals surface area contributed by atoms with Gasteiger partial charge in [-0.15, -0.1) is 0 Å². The molecule has 15 aromatic rings. The maximum absolute atomic E-state index is 7.67. The van der Waals surface area contributed by atoms with Crippen molar-refractivity contribution in [2.24, 2.45) is 0 Å². The van der Waals surface area contributed by atoms with Crippen LogP contribution in [0.1, 0.15) is 74.9 Å². The Kier molecular flexibility index (Phi) is 11.5. The van der Waals surface area contributed by atoms with Crippen molar-refractivity contribution in [2.75, 3.05) is 9.80 Å². The van der Waals surface area contributed by atoms with Crippen LogP contribution >= 0.6 is 0 Å². The van der Waals surface area contributed by atoms with Crippen LogP contribution in [0.3, 0.4) is 0 Å². The van der Waals surface area contributed by atoms with Crippen LogP contribution in [0.4, 0.5) is 34.1 Å². The van der Waals surface area contributed by atoms with Crippen LogP contribution in [0.25, 0.3) is 88.1 Å². The molecule has 3 aromatic heterocycles. The zero-order valence-electron chi connectivity index (χ0n) is 49.0. The minimum absolute atomic E-state index is 0.0313. The molecule has 0 amide bonds. The molecule has 0 aliphatic heterocycles. The summed E-state index contributed by atoms with van der Waals surface area (Å²) in [4.78, 5) is 4.84. The smallest absolute Gasteiger partial charge is 0.145 e. The first kappa shape index (κ1) is 51.3. The second-order valence-electron chi connectivity index (χ2n) is 25.2. The highest BCUT2D eigenvalue weighted by Crippen LogP contribution is 2.62. The molecule has 0 spiro atoms. The Balaban J connectivity index is 1.02. The number of para-hydroxylation sites is 2. The summed E-state index contributed by atoms with van der Waals surface area (Å²) >= 11 is 0. The van der Waals surface area contributed by atoms with Crippen LogP contribution in [0.5, 0.6) is 0 Å². The fraction of sp³-hybridized carbons (Fsp3) is 0.111. The summed E-state index contributed by atoms with van der Waals surface area (Å²) in [6.07, 6.45) is 0. The third-order valence-corrected chi connectivity index (χ3v) is 18.0. The molecule has 0 bridgehead atoms. The maximum atomic E-state index is 7.67. The number of furan rings is 3. The molecular weight excluding hydrogens is 1050 g/mol. The zero-order chi connectivity index (χ0) is 58.1. The van der Waals surface area contributed by atoms with Crippen molar-refractivity contribution >= 4 is 99.9 Å². The average Bonchev–Trinajstić information content (AvgIpc) is 1.52. The Morgan fingerprint density at radius 3 is 1.31 bits per heavy atom. The van der Waals surface area contributed by atoms with Crippen molar-refractivity contribution in [3.63, 3.8) is 0 Å². The summed E-state index contributed by atoms with van der Waals surface area (Å²) in [5.41, 5.74) is 21.6. The van der Waals surface area contributed by atoms with Gasteiger partial charge in [-0.05, 0) is 152 Å². The van der Waals surface area contributed by atoms with Crippen LogP contribution in [-0.4, -0.2) is 0 Å². The summed E-state index contributed by atoms with van der Waals surface area (Å²) < 4.78 is 21.1. The van der Waals surface area contributed by atoms with Gasteiger partial charge in [0.1, 0.15) is 33.5 Å². The van der Waals surface area contributed by atoms with Crippen LogP contribution in [0.2, 0.25) is 0 Å². The monoisotopic (exact) mass is 1110 g/mol. The van der Waals surface area contributed by atoms with E-state index in [0.717, 1.165) is 144 Å². The van der Waals surface area contributed by atoms with Gasteiger partial charge in [0, 0.05) is 73.1 Å². The highest BCUT2D eigenvalue weighted by atomic mass is 16.3. The first-order valence-electron chi connectivity index (χ1n) is 29.9. The second-order valence-corrected chi connectivity index (χ2v) is 25.2. The predicted molar refractivity (Wildman–Crippen MR) is 358 cm³/mol. The van der Waals surface area contributed by atoms with E-state index in [-0.39, 0.29) is 10.8 Å². The largest absolute Gasteiger partial charge is 0.456 e. The van der Waals surface area contributed by atoms with Crippen molar-refractivity contribution in [3.8, 4) is 22.3 Å². The number of rotatable bonds is 9. The quantitative estimate of drug-likeness (QED) is 0.144. The van der Waals surface area contributed by atoms with Crippen LogP contribution < -0.4 is 9.80 Å². The van der Waals surface area contributed by atoms with E-state index >= 15 is 0 Å². The highest BCUT2D eigenvalue weighted by molar-refractivity contribution is 6.20. The number of hydrogen-bond donors (Lipinski definition) is 0. The molecule has 5 heteroatoms.